The van der Waals surface area contributed by atoms with Crippen molar-refractivity contribution in [3.05, 3.63) is 52.7 Å². The zero-order valence-electron chi connectivity index (χ0n) is 17.4. The van der Waals surface area contributed by atoms with Gasteiger partial charge in [-0.2, -0.15) is 9.29 Å². The smallest absolute Gasteiger partial charge is 0.309 e. The van der Waals surface area contributed by atoms with E-state index in [1.54, 1.807) is 6.07 Å². The van der Waals surface area contributed by atoms with Gasteiger partial charge in [-0.25, -0.2) is 8.42 Å². The second-order valence-electron chi connectivity index (χ2n) is 8.06. The summed E-state index contributed by atoms with van der Waals surface area (Å²) in [6.45, 7) is 0.495. The minimum Gasteiger partial charge on any atom is -0.455 e. The van der Waals surface area contributed by atoms with Gasteiger partial charge in [0.05, 0.1) is 15.7 Å². The molecule has 0 saturated carbocycles. The van der Waals surface area contributed by atoms with E-state index in [0.717, 1.165) is 29.7 Å². The molecule has 1 saturated heterocycles. The van der Waals surface area contributed by atoms with Gasteiger partial charge in [0.2, 0.25) is 15.8 Å². The van der Waals surface area contributed by atoms with Crippen LogP contribution < -0.4 is 0 Å². The van der Waals surface area contributed by atoms with Crippen LogP contribution in [0.5, 0.6) is 0 Å². The van der Waals surface area contributed by atoms with Crippen LogP contribution in [0, 0.1) is 5.92 Å². The highest BCUT2D eigenvalue weighted by Crippen LogP contribution is 2.29. The van der Waals surface area contributed by atoms with Crippen LogP contribution in [0.25, 0.3) is 10.7 Å². The average molecular weight is 474 g/mol. The molecule has 0 unspecified atom stereocenters. The minimum absolute atomic E-state index is 0.0924. The number of hydrogen-bond donors (Lipinski definition) is 0. The Balaban J connectivity index is 1.15. The third kappa shape index (κ3) is 4.22. The number of benzene rings is 1. The zero-order valence-corrected chi connectivity index (χ0v) is 19.0. The number of piperidine rings is 1. The molecule has 0 radical (unpaired) electrons. The number of esters is 1. The number of aryl methyl sites for hydroxylation is 2. The number of ether oxygens (including phenoxy) is 1. The van der Waals surface area contributed by atoms with Crippen LogP contribution in [-0.4, -0.2) is 41.9 Å². The molecule has 2 aromatic heterocycles. The molecular formula is C22H23N3O5S2. The monoisotopic (exact) mass is 473 g/mol. The van der Waals surface area contributed by atoms with E-state index in [4.69, 9.17) is 9.26 Å². The molecule has 5 rings (SSSR count). The first-order chi connectivity index (χ1) is 15.5. The van der Waals surface area contributed by atoms with Crippen molar-refractivity contribution in [1.29, 1.82) is 0 Å². The van der Waals surface area contributed by atoms with Crippen LogP contribution in [-0.2, 0) is 39.0 Å². The van der Waals surface area contributed by atoms with E-state index in [-0.39, 0.29) is 24.4 Å². The van der Waals surface area contributed by atoms with Gasteiger partial charge in [0.25, 0.3) is 5.89 Å². The number of aromatic nitrogens is 2. The number of nitrogens with zero attached hydrogens (tertiary/aromatic N) is 3. The van der Waals surface area contributed by atoms with E-state index >= 15 is 0 Å². The maximum Gasteiger partial charge on any atom is 0.309 e. The Morgan fingerprint density at radius 2 is 2.00 bits per heavy atom. The van der Waals surface area contributed by atoms with Crippen LogP contribution in [0.4, 0.5) is 0 Å². The fraction of sp³-hybridized carbons (Fsp3) is 0.409. The maximum absolute atomic E-state index is 13.1. The zero-order chi connectivity index (χ0) is 22.1. The predicted molar refractivity (Wildman–Crippen MR) is 117 cm³/mol. The lowest BCUT2D eigenvalue weighted by Crippen LogP contribution is -2.40. The lowest BCUT2D eigenvalue weighted by Gasteiger charge is -2.30. The molecule has 3 aromatic rings. The molecule has 8 nitrogen and oxygen atoms in total. The highest BCUT2D eigenvalue weighted by Gasteiger charge is 2.33. The third-order valence-corrected chi connectivity index (χ3v) is 8.80. The summed E-state index contributed by atoms with van der Waals surface area (Å²) in [6, 6.07) is 9.23. The molecule has 3 heterocycles. The van der Waals surface area contributed by atoms with Gasteiger partial charge in [-0.1, -0.05) is 17.3 Å². The van der Waals surface area contributed by atoms with Gasteiger partial charge in [-0.05, 0) is 66.8 Å². The second-order valence-corrected chi connectivity index (χ2v) is 10.9. The van der Waals surface area contributed by atoms with E-state index in [1.165, 1.54) is 21.2 Å². The number of sulfonamides is 1. The molecule has 0 atom stereocenters. The summed E-state index contributed by atoms with van der Waals surface area (Å²) in [5, 5.41) is 5.82. The van der Waals surface area contributed by atoms with Crippen molar-refractivity contribution in [2.24, 2.45) is 5.92 Å². The molecule has 0 amide bonds. The summed E-state index contributed by atoms with van der Waals surface area (Å²) in [6.07, 6.45) is 3.87. The predicted octanol–water partition coefficient (Wildman–Crippen LogP) is 3.43. The first kappa shape index (κ1) is 21.3. The first-order valence-electron chi connectivity index (χ1n) is 10.7. The molecule has 1 fully saturated rings. The van der Waals surface area contributed by atoms with Crippen molar-refractivity contribution in [1.82, 2.24) is 14.4 Å². The Kier molecular flexibility index (Phi) is 5.83. The van der Waals surface area contributed by atoms with Gasteiger partial charge in [0, 0.05) is 13.1 Å². The fourth-order valence-electron chi connectivity index (χ4n) is 4.26. The standard InChI is InChI=1S/C22H23N3O5S2/c26-22(29-14-20-23-21(24-30-20)19-5-2-12-31-19)16-8-10-25(11-9-16)32(27,28)18-7-6-15-3-1-4-17(15)13-18/h2,5-7,12-13,16H,1,3-4,8-11,14H2. The van der Waals surface area contributed by atoms with Crippen LogP contribution >= 0.6 is 11.3 Å². The van der Waals surface area contributed by atoms with E-state index < -0.39 is 10.0 Å². The molecule has 0 bridgehead atoms. The molecule has 0 N–H and O–H groups in total. The summed E-state index contributed by atoms with van der Waals surface area (Å²) < 4.78 is 38.1. The third-order valence-electron chi connectivity index (χ3n) is 6.04. The summed E-state index contributed by atoms with van der Waals surface area (Å²) >= 11 is 1.50. The average Bonchev–Trinajstić information content (AvgIpc) is 3.58. The van der Waals surface area contributed by atoms with E-state index in [2.05, 4.69) is 10.1 Å². The van der Waals surface area contributed by atoms with Gasteiger partial charge in [0.1, 0.15) is 0 Å². The lowest BCUT2D eigenvalue weighted by atomic mass is 9.98. The summed E-state index contributed by atoms with van der Waals surface area (Å²) in [5.74, 6) is -0.00824. The van der Waals surface area contributed by atoms with Crippen molar-refractivity contribution in [3.63, 3.8) is 0 Å². The minimum atomic E-state index is -3.56. The number of thiophene rings is 1. The number of carbonyl (C=O) groups excluding carboxylic acids is 1. The van der Waals surface area contributed by atoms with Crippen molar-refractivity contribution in [2.75, 3.05) is 13.1 Å². The molecule has 1 aliphatic carbocycles. The summed E-state index contributed by atoms with van der Waals surface area (Å²) in [7, 11) is -3.56. The van der Waals surface area contributed by atoms with Crippen LogP contribution in [0.3, 0.4) is 0 Å². The van der Waals surface area contributed by atoms with Gasteiger partial charge >= 0.3 is 5.97 Å². The Hall–Kier alpha value is -2.56. The molecule has 168 valence electrons. The van der Waals surface area contributed by atoms with Crippen molar-refractivity contribution < 1.29 is 22.5 Å². The number of fused-ring (bicyclic) bond motifs is 1. The largest absolute Gasteiger partial charge is 0.455 e. The molecule has 1 aliphatic heterocycles. The SMILES string of the molecule is O=C(OCc1nc(-c2cccs2)no1)C1CCN(S(=O)(=O)c2ccc3c(c2)CCC3)CC1. The highest BCUT2D eigenvalue weighted by atomic mass is 32.2. The maximum atomic E-state index is 13.1. The van der Waals surface area contributed by atoms with Crippen LogP contribution in [0.1, 0.15) is 36.3 Å². The Labute approximate surface area is 190 Å². The Bertz CT molecular complexity index is 1210. The van der Waals surface area contributed by atoms with Crippen LogP contribution in [0.15, 0.2) is 45.1 Å². The fourth-order valence-corrected chi connectivity index (χ4v) is 6.43. The molecule has 1 aromatic carbocycles. The van der Waals surface area contributed by atoms with Gasteiger partial charge in [0.15, 0.2) is 6.61 Å². The normalized spacial score (nSPS) is 17.4. The lowest BCUT2D eigenvalue weighted by molar-refractivity contribution is -0.152. The van der Waals surface area contributed by atoms with E-state index in [1.807, 2.05) is 29.6 Å². The van der Waals surface area contributed by atoms with Gasteiger partial charge in [-0.3, -0.25) is 4.79 Å². The Morgan fingerprint density at radius 3 is 2.78 bits per heavy atom. The van der Waals surface area contributed by atoms with Gasteiger partial charge < -0.3 is 9.26 Å². The number of rotatable bonds is 6. The molecule has 0 spiro atoms. The summed E-state index contributed by atoms with van der Waals surface area (Å²) in [5.41, 5.74) is 2.38. The highest BCUT2D eigenvalue weighted by molar-refractivity contribution is 7.89. The molecular weight excluding hydrogens is 450 g/mol. The van der Waals surface area contributed by atoms with E-state index in [9.17, 15) is 13.2 Å². The van der Waals surface area contributed by atoms with Crippen molar-refractivity contribution in [3.8, 4) is 10.7 Å². The molecule has 10 heteroatoms. The summed E-state index contributed by atoms with van der Waals surface area (Å²) in [4.78, 5) is 17.9. The first-order valence-corrected chi connectivity index (χ1v) is 13.0. The van der Waals surface area contributed by atoms with Gasteiger partial charge in [-0.15, -0.1) is 11.3 Å². The Morgan fingerprint density at radius 1 is 1.19 bits per heavy atom. The topological polar surface area (TPSA) is 103 Å². The van der Waals surface area contributed by atoms with E-state index in [0.29, 0.717) is 36.7 Å². The van der Waals surface area contributed by atoms with Crippen molar-refractivity contribution in [2.45, 2.75) is 43.6 Å². The van der Waals surface area contributed by atoms with Crippen LogP contribution in [0.2, 0.25) is 0 Å². The number of carbonyl (C=O) groups is 1. The second kappa shape index (κ2) is 8.76. The van der Waals surface area contributed by atoms with Crippen molar-refractivity contribution >= 4 is 27.3 Å². The molecule has 32 heavy (non-hydrogen) atoms. The number of hydrogen-bond acceptors (Lipinski definition) is 8. The molecule has 2 aliphatic rings. The quantitative estimate of drug-likeness (QED) is 0.505.